The molecule has 0 saturated carbocycles. The Morgan fingerprint density at radius 3 is 2.00 bits per heavy atom. The van der Waals surface area contributed by atoms with Gasteiger partial charge in [-0.15, -0.1) is 12.4 Å². The molecule has 0 aliphatic heterocycles. The van der Waals surface area contributed by atoms with E-state index in [0.29, 0.717) is 0 Å². The highest BCUT2D eigenvalue weighted by Gasteiger charge is 2.31. The van der Waals surface area contributed by atoms with Gasteiger partial charge < -0.3 is 0 Å². The fourth-order valence-corrected chi connectivity index (χ4v) is 4.77. The Labute approximate surface area is 214 Å². The molecule has 0 aromatic heterocycles. The van der Waals surface area contributed by atoms with E-state index in [1.807, 2.05) is 6.07 Å². The lowest BCUT2D eigenvalue weighted by Gasteiger charge is -2.28. The molecule has 0 heterocycles. The molecule has 3 nitrogen and oxygen atoms in total. The second-order valence-electron chi connectivity index (χ2n) is 9.32. The largest absolute Gasteiger partial charge is 0.197 e. The van der Waals surface area contributed by atoms with Crippen LogP contribution in [0, 0.1) is 11.3 Å². The molecule has 2 atom stereocenters. The molecule has 34 heavy (non-hydrogen) atoms. The van der Waals surface area contributed by atoms with Crippen LogP contribution in [-0.4, -0.2) is 13.1 Å². The van der Waals surface area contributed by atoms with Crippen molar-refractivity contribution in [1.82, 2.24) is 0 Å². The predicted molar refractivity (Wildman–Crippen MR) is 147 cm³/mol. The minimum atomic E-state index is -0.391. The Kier molecular flexibility index (Phi) is 16.0. The number of hydrogen-bond acceptors (Lipinski definition) is 3. The van der Waals surface area contributed by atoms with Crippen molar-refractivity contribution in [1.29, 1.82) is 5.26 Å². The average Bonchev–Trinajstić information content (AvgIpc) is 2.87. The highest BCUT2D eigenvalue weighted by atomic mass is 35.5. The van der Waals surface area contributed by atoms with E-state index >= 15 is 0 Å². The van der Waals surface area contributed by atoms with E-state index in [9.17, 15) is 5.26 Å². The fraction of sp³-hybridized carbons (Fsp3) is 0.567. The van der Waals surface area contributed by atoms with Crippen molar-refractivity contribution >= 4 is 12.4 Å². The van der Waals surface area contributed by atoms with Gasteiger partial charge in [0.2, 0.25) is 0 Å². The summed E-state index contributed by atoms with van der Waals surface area (Å²) in [5, 5.41) is 18.9. The zero-order valence-corrected chi connectivity index (χ0v) is 22.1. The van der Waals surface area contributed by atoms with Crippen LogP contribution < -0.4 is 0 Å². The van der Waals surface area contributed by atoms with Crippen molar-refractivity contribution < 1.29 is 0 Å². The molecule has 0 amide bonds. The fourth-order valence-electron chi connectivity index (χ4n) is 4.77. The SMILES string of the molecule is CCCCCCCCCC(C#N)(CCCC(CCc1ccccc1)N=NC)c1ccccc1.Cl. The first-order valence-corrected chi connectivity index (χ1v) is 13.0. The van der Waals surface area contributed by atoms with Gasteiger partial charge in [-0.1, -0.05) is 113 Å². The first kappa shape index (κ1) is 29.9. The summed E-state index contributed by atoms with van der Waals surface area (Å²) >= 11 is 0. The van der Waals surface area contributed by atoms with Crippen LogP contribution in [0.15, 0.2) is 70.9 Å². The summed E-state index contributed by atoms with van der Waals surface area (Å²) in [6.07, 6.45) is 14.8. The molecular formula is C30H44ClN3. The van der Waals surface area contributed by atoms with E-state index < -0.39 is 5.41 Å². The van der Waals surface area contributed by atoms with E-state index in [4.69, 9.17) is 0 Å². The lowest BCUT2D eigenvalue weighted by molar-refractivity contribution is 0.400. The normalized spacial score (nSPS) is 13.7. The van der Waals surface area contributed by atoms with Crippen LogP contribution >= 0.6 is 12.4 Å². The number of nitriles is 1. The van der Waals surface area contributed by atoms with Gasteiger partial charge in [0.05, 0.1) is 17.5 Å². The molecule has 0 bridgehead atoms. The number of halogens is 1. The molecule has 0 fully saturated rings. The maximum Gasteiger partial charge on any atom is 0.0822 e. The van der Waals surface area contributed by atoms with Crippen LogP contribution in [0.5, 0.6) is 0 Å². The van der Waals surface area contributed by atoms with E-state index in [0.717, 1.165) is 44.9 Å². The van der Waals surface area contributed by atoms with Gasteiger partial charge in [-0.3, -0.25) is 0 Å². The summed E-state index contributed by atoms with van der Waals surface area (Å²) in [5.74, 6) is 0. The van der Waals surface area contributed by atoms with Gasteiger partial charge in [0.15, 0.2) is 0 Å². The maximum absolute atomic E-state index is 10.3. The lowest BCUT2D eigenvalue weighted by Crippen LogP contribution is -2.25. The molecule has 2 rings (SSSR count). The number of aryl methyl sites for hydroxylation is 1. The van der Waals surface area contributed by atoms with Crippen LogP contribution in [0.1, 0.15) is 95.1 Å². The van der Waals surface area contributed by atoms with E-state index in [1.165, 1.54) is 49.7 Å². The molecule has 2 aromatic carbocycles. The minimum Gasteiger partial charge on any atom is -0.197 e. The van der Waals surface area contributed by atoms with Crippen molar-refractivity contribution in [3.63, 3.8) is 0 Å². The first-order valence-electron chi connectivity index (χ1n) is 13.0. The summed E-state index contributed by atoms with van der Waals surface area (Å²) < 4.78 is 0. The van der Waals surface area contributed by atoms with E-state index in [2.05, 4.69) is 77.8 Å². The van der Waals surface area contributed by atoms with Gasteiger partial charge in [0, 0.05) is 7.05 Å². The summed E-state index contributed by atoms with van der Waals surface area (Å²) in [6, 6.07) is 24.0. The van der Waals surface area contributed by atoms with Gasteiger partial charge in [0.25, 0.3) is 0 Å². The number of rotatable bonds is 17. The number of nitrogens with zero attached hydrogens (tertiary/aromatic N) is 3. The Bertz CT molecular complexity index is 816. The Morgan fingerprint density at radius 1 is 0.794 bits per heavy atom. The highest BCUT2D eigenvalue weighted by Crippen LogP contribution is 2.35. The molecule has 0 spiro atoms. The number of benzene rings is 2. The summed E-state index contributed by atoms with van der Waals surface area (Å²) in [6.45, 7) is 2.26. The second-order valence-corrected chi connectivity index (χ2v) is 9.32. The third-order valence-electron chi connectivity index (χ3n) is 6.78. The smallest absolute Gasteiger partial charge is 0.0822 e. The monoisotopic (exact) mass is 481 g/mol. The van der Waals surface area contributed by atoms with Gasteiger partial charge in [-0.2, -0.15) is 15.5 Å². The van der Waals surface area contributed by atoms with Crippen molar-refractivity contribution in [2.45, 2.75) is 102 Å². The molecule has 0 saturated heterocycles. The molecule has 4 heteroatoms. The topological polar surface area (TPSA) is 48.5 Å². The van der Waals surface area contributed by atoms with Crippen molar-refractivity contribution in [2.24, 2.45) is 10.2 Å². The number of unbranched alkanes of at least 4 members (excludes halogenated alkanes) is 6. The Balaban J connectivity index is 0.00000578. The van der Waals surface area contributed by atoms with Crippen LogP contribution in [0.3, 0.4) is 0 Å². The molecule has 186 valence electrons. The van der Waals surface area contributed by atoms with Gasteiger partial charge in [-0.05, 0) is 49.7 Å². The van der Waals surface area contributed by atoms with Crippen molar-refractivity contribution in [3.8, 4) is 6.07 Å². The van der Waals surface area contributed by atoms with Gasteiger partial charge in [-0.25, -0.2) is 0 Å². The summed E-state index contributed by atoms with van der Waals surface area (Å²) in [7, 11) is 1.76. The second kappa shape index (κ2) is 18.2. The zero-order chi connectivity index (χ0) is 23.6. The molecule has 0 aliphatic carbocycles. The van der Waals surface area contributed by atoms with Crippen LogP contribution in [0.2, 0.25) is 0 Å². The Morgan fingerprint density at radius 2 is 1.38 bits per heavy atom. The third-order valence-corrected chi connectivity index (χ3v) is 6.78. The van der Waals surface area contributed by atoms with Crippen LogP contribution in [0.4, 0.5) is 0 Å². The molecule has 0 N–H and O–H groups in total. The summed E-state index contributed by atoms with van der Waals surface area (Å²) in [4.78, 5) is 0. The molecule has 2 aromatic rings. The average molecular weight is 482 g/mol. The predicted octanol–water partition coefficient (Wildman–Crippen LogP) is 9.26. The molecular weight excluding hydrogens is 438 g/mol. The highest BCUT2D eigenvalue weighted by molar-refractivity contribution is 5.85. The molecule has 0 aliphatic rings. The quantitative estimate of drug-likeness (QED) is 0.164. The van der Waals surface area contributed by atoms with Gasteiger partial charge in [0.1, 0.15) is 0 Å². The van der Waals surface area contributed by atoms with E-state index in [1.54, 1.807) is 7.05 Å². The van der Waals surface area contributed by atoms with E-state index in [-0.39, 0.29) is 18.4 Å². The van der Waals surface area contributed by atoms with Gasteiger partial charge >= 0.3 is 0 Å². The third kappa shape index (κ3) is 10.8. The minimum absolute atomic E-state index is 0. The zero-order valence-electron chi connectivity index (χ0n) is 21.3. The Hall–Kier alpha value is -2.18. The first-order chi connectivity index (χ1) is 16.2. The van der Waals surface area contributed by atoms with Crippen LogP contribution in [0.25, 0.3) is 0 Å². The van der Waals surface area contributed by atoms with Crippen LogP contribution in [-0.2, 0) is 11.8 Å². The molecule has 0 radical (unpaired) electrons. The standard InChI is InChI=1S/C30H43N3.ClH/c1-3-4-5-6-7-8-15-24-30(26-31,28-19-13-10-14-20-28)25-16-21-29(33-32-2)23-22-27-17-11-9-12-18-27;/h9-14,17-20,29H,3-8,15-16,21-25H2,1-2H3;1H. The molecule has 2 unspecified atom stereocenters. The number of hydrogen-bond donors (Lipinski definition) is 0. The maximum atomic E-state index is 10.3. The van der Waals surface area contributed by atoms with Crippen molar-refractivity contribution in [2.75, 3.05) is 7.05 Å². The number of azo groups is 1. The lowest BCUT2D eigenvalue weighted by atomic mass is 9.73. The summed E-state index contributed by atoms with van der Waals surface area (Å²) in [5.41, 5.74) is 2.14. The van der Waals surface area contributed by atoms with Crippen molar-refractivity contribution in [3.05, 3.63) is 71.8 Å².